The summed E-state index contributed by atoms with van der Waals surface area (Å²) in [7, 11) is 3.87. The van der Waals surface area contributed by atoms with Crippen molar-refractivity contribution in [3.8, 4) is 0 Å². The normalized spacial score (nSPS) is 26.0. The summed E-state index contributed by atoms with van der Waals surface area (Å²) < 4.78 is 0. The molecule has 3 rings (SSSR count). The number of nitrogens with zero attached hydrogens (tertiary/aromatic N) is 1. The van der Waals surface area contributed by atoms with Gasteiger partial charge >= 0.3 is 0 Å². The Kier molecular flexibility index (Phi) is 6.83. The summed E-state index contributed by atoms with van der Waals surface area (Å²) in [5.74, 6) is 0.764. The number of carbonyl (C=O) groups is 1. The van der Waals surface area contributed by atoms with Crippen molar-refractivity contribution in [2.75, 3.05) is 27.2 Å². The van der Waals surface area contributed by atoms with Gasteiger partial charge in [-0.3, -0.25) is 4.79 Å². The maximum absolute atomic E-state index is 12.8. The smallest absolute Gasteiger partial charge is 0.252 e. The minimum absolute atomic E-state index is 0.0916. The van der Waals surface area contributed by atoms with Gasteiger partial charge in [0.05, 0.1) is 16.7 Å². The number of benzene rings is 1. The molecule has 2 aliphatic rings. The molecule has 5 heteroatoms. The molecule has 150 valence electrons. The van der Waals surface area contributed by atoms with Gasteiger partial charge < -0.3 is 15.3 Å². The third kappa shape index (κ3) is 5.46. The molecule has 1 aromatic rings. The van der Waals surface area contributed by atoms with Crippen LogP contribution in [0, 0.1) is 11.3 Å². The minimum Gasteiger partial charge on any atom is -0.391 e. The quantitative estimate of drug-likeness (QED) is 0.740. The number of nitrogens with one attached hydrogen (secondary N) is 1. The van der Waals surface area contributed by atoms with Crippen LogP contribution in [0.3, 0.4) is 0 Å². The molecule has 4 nitrogen and oxygen atoms in total. The van der Waals surface area contributed by atoms with Crippen LogP contribution in [-0.4, -0.2) is 49.2 Å². The molecule has 1 amide bonds. The molecule has 1 aromatic carbocycles. The number of hydrogen-bond acceptors (Lipinski definition) is 3. The second kappa shape index (κ2) is 8.93. The minimum atomic E-state index is -0.461. The van der Waals surface area contributed by atoms with Crippen LogP contribution >= 0.6 is 11.6 Å². The molecule has 0 radical (unpaired) electrons. The highest BCUT2D eigenvalue weighted by Crippen LogP contribution is 2.48. The summed E-state index contributed by atoms with van der Waals surface area (Å²) in [6, 6.07) is 5.49. The lowest BCUT2D eigenvalue weighted by Crippen LogP contribution is -2.43. The molecule has 27 heavy (non-hydrogen) atoms. The van der Waals surface area contributed by atoms with Crippen molar-refractivity contribution < 1.29 is 9.90 Å². The molecule has 0 aliphatic heterocycles. The number of rotatable bonds is 7. The molecule has 0 spiro atoms. The Hall–Kier alpha value is -1.10. The van der Waals surface area contributed by atoms with E-state index in [1.165, 1.54) is 44.9 Å². The van der Waals surface area contributed by atoms with Gasteiger partial charge in [0.2, 0.25) is 0 Å². The summed E-state index contributed by atoms with van der Waals surface area (Å²) in [5.41, 5.74) is 1.75. The maximum Gasteiger partial charge on any atom is 0.252 e. The number of aliphatic hydroxyl groups excluding tert-OH is 1. The highest BCUT2D eigenvalue weighted by atomic mass is 35.5. The third-order valence-electron chi connectivity index (χ3n) is 6.31. The van der Waals surface area contributed by atoms with Crippen molar-refractivity contribution in [2.45, 2.75) is 57.5 Å². The molecular weight excluding hydrogens is 360 g/mol. The lowest BCUT2D eigenvalue weighted by atomic mass is 9.62. The van der Waals surface area contributed by atoms with Gasteiger partial charge in [-0.15, -0.1) is 0 Å². The molecular formula is C22H33ClN2O2. The number of likely N-dealkylation sites (N-methyl/N-ethyl adjacent to an activating group) is 1. The van der Waals surface area contributed by atoms with Gasteiger partial charge in [-0.05, 0) is 68.8 Å². The largest absolute Gasteiger partial charge is 0.391 e. The topological polar surface area (TPSA) is 52.6 Å². The fourth-order valence-corrected chi connectivity index (χ4v) is 5.27. The fourth-order valence-electron chi connectivity index (χ4n) is 5.06. The molecule has 2 aliphatic carbocycles. The maximum atomic E-state index is 12.8. The predicted molar refractivity (Wildman–Crippen MR) is 110 cm³/mol. The Morgan fingerprint density at radius 3 is 2.70 bits per heavy atom. The van der Waals surface area contributed by atoms with E-state index in [1.54, 1.807) is 6.07 Å². The lowest BCUT2D eigenvalue weighted by molar-refractivity contribution is 0.0681. The summed E-state index contributed by atoms with van der Waals surface area (Å²) in [6.07, 6.45) is 9.08. The second-order valence-electron chi connectivity index (χ2n) is 8.97. The average molecular weight is 393 g/mol. The Morgan fingerprint density at radius 2 is 2.04 bits per heavy atom. The molecule has 0 aromatic heterocycles. The van der Waals surface area contributed by atoms with E-state index in [9.17, 15) is 9.90 Å². The van der Waals surface area contributed by atoms with E-state index in [0.717, 1.165) is 18.0 Å². The first-order valence-corrected chi connectivity index (χ1v) is 10.6. The molecule has 2 saturated carbocycles. The van der Waals surface area contributed by atoms with Gasteiger partial charge in [0, 0.05) is 13.1 Å². The van der Waals surface area contributed by atoms with Crippen LogP contribution in [-0.2, 0) is 6.42 Å². The summed E-state index contributed by atoms with van der Waals surface area (Å²) >= 11 is 6.30. The highest BCUT2D eigenvalue weighted by Gasteiger charge is 2.39. The number of amides is 1. The number of aliphatic hydroxyl groups is 1. The number of halogens is 1. The Labute approximate surface area is 168 Å². The Bertz CT molecular complexity index is 652. The molecule has 1 atom stereocenters. The van der Waals surface area contributed by atoms with E-state index in [-0.39, 0.29) is 5.91 Å². The first kappa shape index (κ1) is 20.6. The number of carbonyl (C=O) groups excluding carboxylic acids is 1. The van der Waals surface area contributed by atoms with Crippen LogP contribution in [0.1, 0.15) is 60.9 Å². The molecule has 2 N–H and O–H groups in total. The van der Waals surface area contributed by atoms with Gasteiger partial charge in [-0.1, -0.05) is 43.4 Å². The van der Waals surface area contributed by atoms with Crippen molar-refractivity contribution in [1.29, 1.82) is 0 Å². The molecule has 0 unspecified atom stereocenters. The van der Waals surface area contributed by atoms with Gasteiger partial charge in [-0.2, -0.15) is 0 Å². The van der Waals surface area contributed by atoms with Gasteiger partial charge in [0.15, 0.2) is 0 Å². The molecule has 2 fully saturated rings. The fraction of sp³-hybridized carbons (Fsp3) is 0.682. The predicted octanol–water partition coefficient (Wildman–Crippen LogP) is 3.90. The van der Waals surface area contributed by atoms with E-state index >= 15 is 0 Å². The lowest BCUT2D eigenvalue weighted by Gasteiger charge is -2.45. The monoisotopic (exact) mass is 392 g/mol. The van der Waals surface area contributed by atoms with E-state index < -0.39 is 6.10 Å². The zero-order valence-electron chi connectivity index (χ0n) is 16.6. The van der Waals surface area contributed by atoms with E-state index in [0.29, 0.717) is 29.0 Å². The Balaban J connectivity index is 1.63. The molecule has 0 saturated heterocycles. The standard InChI is InChI=1S/C22H33ClN2O2/c1-25(2)14-18(26)11-17-7-8-20(23)19(12-17)21(27)24-15-22-9-3-5-16(13-22)6-4-10-22/h7-8,12,16,18,26H,3-6,9-11,13-15H2,1-2H3,(H,24,27)/t16?,18-,22?/m1/s1. The van der Waals surface area contributed by atoms with Crippen LogP contribution in [0.25, 0.3) is 0 Å². The zero-order valence-corrected chi connectivity index (χ0v) is 17.4. The van der Waals surface area contributed by atoms with Gasteiger partial charge in [0.1, 0.15) is 0 Å². The van der Waals surface area contributed by atoms with E-state index in [4.69, 9.17) is 11.6 Å². The van der Waals surface area contributed by atoms with E-state index in [1.807, 2.05) is 31.1 Å². The Morgan fingerprint density at radius 1 is 1.33 bits per heavy atom. The molecule has 0 heterocycles. The number of hydrogen-bond donors (Lipinski definition) is 2. The van der Waals surface area contributed by atoms with Crippen molar-refractivity contribution in [1.82, 2.24) is 10.2 Å². The van der Waals surface area contributed by atoms with Crippen LogP contribution in [0.5, 0.6) is 0 Å². The first-order valence-electron chi connectivity index (χ1n) is 10.3. The van der Waals surface area contributed by atoms with Crippen LogP contribution in [0.2, 0.25) is 5.02 Å². The SMILES string of the molecule is CN(C)C[C@H](O)Cc1ccc(Cl)c(C(=O)NCC23CCCC(CCC2)C3)c1. The van der Waals surface area contributed by atoms with Crippen molar-refractivity contribution in [3.63, 3.8) is 0 Å². The third-order valence-corrected chi connectivity index (χ3v) is 6.64. The van der Waals surface area contributed by atoms with Gasteiger partial charge in [-0.25, -0.2) is 0 Å². The van der Waals surface area contributed by atoms with Crippen LogP contribution in [0.4, 0.5) is 0 Å². The summed E-state index contributed by atoms with van der Waals surface area (Å²) in [4.78, 5) is 14.8. The number of fused-ring (bicyclic) bond motifs is 2. The van der Waals surface area contributed by atoms with Crippen molar-refractivity contribution >= 4 is 17.5 Å². The van der Waals surface area contributed by atoms with Gasteiger partial charge in [0.25, 0.3) is 5.91 Å². The average Bonchev–Trinajstić information content (AvgIpc) is 2.61. The van der Waals surface area contributed by atoms with Crippen molar-refractivity contribution in [2.24, 2.45) is 11.3 Å². The van der Waals surface area contributed by atoms with E-state index in [2.05, 4.69) is 5.32 Å². The summed E-state index contributed by atoms with van der Waals surface area (Å²) in [5, 5.41) is 13.8. The zero-order chi connectivity index (χ0) is 19.4. The highest BCUT2D eigenvalue weighted by molar-refractivity contribution is 6.33. The van der Waals surface area contributed by atoms with Crippen LogP contribution in [0.15, 0.2) is 18.2 Å². The van der Waals surface area contributed by atoms with Crippen molar-refractivity contribution in [3.05, 3.63) is 34.3 Å². The van der Waals surface area contributed by atoms with Crippen LogP contribution < -0.4 is 5.32 Å². The molecule has 2 bridgehead atoms. The summed E-state index contributed by atoms with van der Waals surface area (Å²) in [6.45, 7) is 1.35. The second-order valence-corrected chi connectivity index (χ2v) is 9.38. The first-order chi connectivity index (χ1) is 12.9.